The molecule has 0 spiro atoms. The summed E-state index contributed by atoms with van der Waals surface area (Å²) in [4.78, 5) is 13.3. The first-order valence-corrected chi connectivity index (χ1v) is 8.82. The smallest absolute Gasteiger partial charge is 0.191 e. The summed E-state index contributed by atoms with van der Waals surface area (Å²) in [5.74, 6) is 0.707. The van der Waals surface area contributed by atoms with Crippen LogP contribution in [-0.2, 0) is 13.5 Å². The molecule has 0 bridgehead atoms. The first-order valence-electron chi connectivity index (χ1n) is 6.95. The van der Waals surface area contributed by atoms with Crippen molar-refractivity contribution in [2.45, 2.75) is 11.6 Å². The minimum atomic E-state index is -0.347. The Kier molecular flexibility index (Phi) is 4.88. The van der Waals surface area contributed by atoms with E-state index in [1.807, 2.05) is 23.1 Å². The van der Waals surface area contributed by atoms with Crippen LogP contribution in [0.5, 0.6) is 0 Å². The average molecular weight is 347 g/mol. The highest BCUT2D eigenvalue weighted by atomic mass is 32.2. The second-order valence-corrected chi connectivity index (χ2v) is 6.91. The Morgan fingerprint density at radius 3 is 2.74 bits per heavy atom. The van der Waals surface area contributed by atoms with Crippen LogP contribution in [0.4, 0.5) is 4.39 Å². The molecule has 0 amide bonds. The minimum Gasteiger partial charge on any atom is -0.309 e. The number of halogens is 1. The summed E-state index contributed by atoms with van der Waals surface area (Å²) in [5, 5.41) is 11.1. The quantitative estimate of drug-likeness (QED) is 0.505. The van der Waals surface area contributed by atoms with Gasteiger partial charge in [0.05, 0.1) is 5.75 Å². The van der Waals surface area contributed by atoms with Crippen LogP contribution in [-0.4, -0.2) is 26.3 Å². The van der Waals surface area contributed by atoms with Crippen molar-refractivity contribution in [2.24, 2.45) is 7.05 Å². The molecule has 23 heavy (non-hydrogen) atoms. The summed E-state index contributed by atoms with van der Waals surface area (Å²) < 4.78 is 14.8. The molecular formula is C16H14FN3OS2. The molecule has 0 radical (unpaired) electrons. The van der Waals surface area contributed by atoms with Gasteiger partial charge in [-0.05, 0) is 35.7 Å². The monoisotopic (exact) mass is 347 g/mol. The van der Waals surface area contributed by atoms with Crippen LogP contribution < -0.4 is 0 Å². The number of nitrogens with zero attached hydrogens (tertiary/aromatic N) is 3. The Bertz CT molecular complexity index is 797. The number of rotatable bonds is 6. The van der Waals surface area contributed by atoms with Gasteiger partial charge >= 0.3 is 0 Å². The molecule has 2 aromatic heterocycles. The number of aromatic nitrogens is 3. The number of benzene rings is 1. The first-order chi connectivity index (χ1) is 11.1. The van der Waals surface area contributed by atoms with Gasteiger partial charge in [-0.2, -0.15) is 0 Å². The van der Waals surface area contributed by atoms with Crippen molar-refractivity contribution in [2.75, 3.05) is 5.75 Å². The number of carbonyl (C=O) groups is 1. The van der Waals surface area contributed by atoms with Gasteiger partial charge in [-0.15, -0.1) is 21.5 Å². The number of hydrogen-bond donors (Lipinski definition) is 0. The van der Waals surface area contributed by atoms with Crippen molar-refractivity contribution in [3.63, 3.8) is 0 Å². The second kappa shape index (κ2) is 7.06. The average Bonchev–Trinajstić information content (AvgIpc) is 3.18. The van der Waals surface area contributed by atoms with Gasteiger partial charge in [0.25, 0.3) is 0 Å². The third kappa shape index (κ3) is 3.86. The fourth-order valence-electron chi connectivity index (χ4n) is 2.04. The molecule has 7 heteroatoms. The van der Waals surface area contributed by atoms with Crippen molar-refractivity contribution in [1.82, 2.24) is 14.8 Å². The number of Topliss-reactive ketones (excluding diaryl/α,β-unsaturated/α-hetero) is 1. The molecule has 1 aromatic carbocycles. The molecule has 0 saturated heterocycles. The molecule has 118 valence electrons. The predicted octanol–water partition coefficient (Wildman–Crippen LogP) is 3.58. The zero-order chi connectivity index (χ0) is 16.2. The highest BCUT2D eigenvalue weighted by Gasteiger charge is 2.13. The molecule has 0 aliphatic heterocycles. The number of thiophene rings is 1. The van der Waals surface area contributed by atoms with Gasteiger partial charge in [0.15, 0.2) is 10.9 Å². The van der Waals surface area contributed by atoms with Gasteiger partial charge in [0.1, 0.15) is 11.6 Å². The lowest BCUT2D eigenvalue weighted by molar-refractivity contribution is 0.102. The van der Waals surface area contributed by atoms with Crippen LogP contribution >= 0.6 is 23.1 Å². The van der Waals surface area contributed by atoms with Crippen LogP contribution in [0.3, 0.4) is 0 Å². The lowest BCUT2D eigenvalue weighted by Gasteiger charge is -2.03. The van der Waals surface area contributed by atoms with Crippen LogP contribution in [0.1, 0.15) is 21.1 Å². The Morgan fingerprint density at radius 1 is 1.26 bits per heavy atom. The van der Waals surface area contributed by atoms with Crippen LogP contribution in [0.15, 0.2) is 46.9 Å². The standard InChI is InChI=1S/C16H14FN3OS2/c1-20-15(9-13-3-2-8-22-13)18-19-16(20)23-10-14(21)11-4-6-12(17)7-5-11/h2-8H,9-10H2,1H3. The van der Waals surface area contributed by atoms with Crippen molar-refractivity contribution < 1.29 is 9.18 Å². The summed E-state index contributed by atoms with van der Waals surface area (Å²) in [5.41, 5.74) is 0.500. The zero-order valence-electron chi connectivity index (χ0n) is 12.4. The van der Waals surface area contributed by atoms with Crippen LogP contribution in [0.25, 0.3) is 0 Å². The molecule has 0 aliphatic carbocycles. The van der Waals surface area contributed by atoms with E-state index in [1.54, 1.807) is 11.3 Å². The highest BCUT2D eigenvalue weighted by molar-refractivity contribution is 7.99. The maximum absolute atomic E-state index is 12.9. The second-order valence-electron chi connectivity index (χ2n) is 4.93. The summed E-state index contributed by atoms with van der Waals surface area (Å²) >= 11 is 3.02. The number of carbonyl (C=O) groups excluding carboxylic acids is 1. The molecule has 3 rings (SSSR count). The van der Waals surface area contributed by atoms with Gasteiger partial charge in [0.2, 0.25) is 0 Å². The number of hydrogen-bond acceptors (Lipinski definition) is 5. The summed E-state index contributed by atoms with van der Waals surface area (Å²) in [7, 11) is 1.90. The van der Waals surface area contributed by atoms with Gasteiger partial charge in [0, 0.05) is 23.9 Å². The number of thioether (sulfide) groups is 1. The van der Waals surface area contributed by atoms with E-state index < -0.39 is 0 Å². The first kappa shape index (κ1) is 15.9. The van der Waals surface area contributed by atoms with Crippen LogP contribution in [0.2, 0.25) is 0 Å². The molecule has 0 N–H and O–H groups in total. The SMILES string of the molecule is Cn1c(Cc2cccs2)nnc1SCC(=O)c1ccc(F)cc1. The van der Waals surface area contributed by atoms with E-state index >= 15 is 0 Å². The van der Waals surface area contributed by atoms with Gasteiger partial charge < -0.3 is 4.57 Å². The molecule has 4 nitrogen and oxygen atoms in total. The lowest BCUT2D eigenvalue weighted by Crippen LogP contribution is -2.04. The Hall–Kier alpha value is -1.99. The van der Waals surface area contributed by atoms with Gasteiger partial charge in [-0.1, -0.05) is 17.8 Å². The van der Waals surface area contributed by atoms with E-state index in [0.717, 1.165) is 12.2 Å². The molecule has 0 fully saturated rings. The Labute approximate surface area is 141 Å². The zero-order valence-corrected chi connectivity index (χ0v) is 14.0. The predicted molar refractivity (Wildman–Crippen MR) is 89.6 cm³/mol. The van der Waals surface area contributed by atoms with Crippen molar-refractivity contribution in [3.8, 4) is 0 Å². The molecule has 0 aliphatic rings. The largest absolute Gasteiger partial charge is 0.309 e. The van der Waals surface area contributed by atoms with E-state index in [1.165, 1.54) is 40.9 Å². The normalized spacial score (nSPS) is 10.9. The van der Waals surface area contributed by atoms with Crippen LogP contribution in [0, 0.1) is 5.82 Å². The van der Waals surface area contributed by atoms with Gasteiger partial charge in [-0.25, -0.2) is 4.39 Å². The Balaban J connectivity index is 1.63. The summed E-state index contributed by atoms with van der Waals surface area (Å²) in [6, 6.07) is 9.64. The van der Waals surface area contributed by atoms with Crippen molar-refractivity contribution in [3.05, 3.63) is 63.9 Å². The van der Waals surface area contributed by atoms with E-state index in [2.05, 4.69) is 16.3 Å². The summed E-state index contributed by atoms with van der Waals surface area (Å²) in [6.07, 6.45) is 0.730. The molecule has 0 saturated carbocycles. The summed E-state index contributed by atoms with van der Waals surface area (Å²) in [6.45, 7) is 0. The van der Waals surface area contributed by atoms with Gasteiger partial charge in [-0.3, -0.25) is 4.79 Å². The molecule has 0 atom stereocenters. The third-order valence-corrected chi connectivity index (χ3v) is 5.23. The molecular weight excluding hydrogens is 333 g/mol. The minimum absolute atomic E-state index is 0.0576. The highest BCUT2D eigenvalue weighted by Crippen LogP contribution is 2.20. The van der Waals surface area contributed by atoms with E-state index in [0.29, 0.717) is 10.7 Å². The topological polar surface area (TPSA) is 47.8 Å². The van der Waals surface area contributed by atoms with Crippen molar-refractivity contribution in [1.29, 1.82) is 0 Å². The molecule has 3 aromatic rings. The Morgan fingerprint density at radius 2 is 2.04 bits per heavy atom. The van der Waals surface area contributed by atoms with Crippen molar-refractivity contribution >= 4 is 28.9 Å². The fourth-order valence-corrected chi connectivity index (χ4v) is 3.57. The number of ketones is 1. The lowest BCUT2D eigenvalue weighted by atomic mass is 10.1. The third-order valence-electron chi connectivity index (χ3n) is 3.34. The van der Waals surface area contributed by atoms with E-state index in [4.69, 9.17) is 0 Å². The maximum Gasteiger partial charge on any atom is 0.191 e. The molecule has 2 heterocycles. The molecule has 0 unspecified atom stereocenters. The van der Waals surface area contributed by atoms with E-state index in [9.17, 15) is 9.18 Å². The maximum atomic E-state index is 12.9. The fraction of sp³-hybridized carbons (Fsp3) is 0.188. The van der Waals surface area contributed by atoms with E-state index in [-0.39, 0.29) is 17.4 Å².